The van der Waals surface area contributed by atoms with Crippen molar-refractivity contribution in [3.05, 3.63) is 41.8 Å². The Kier molecular flexibility index (Phi) is 6.00. The fourth-order valence-corrected chi connectivity index (χ4v) is 3.83. The number of aromatic nitrogens is 2. The summed E-state index contributed by atoms with van der Waals surface area (Å²) in [5, 5.41) is 8.71. The molecule has 0 bridgehead atoms. The molecule has 0 spiro atoms. The van der Waals surface area contributed by atoms with Crippen LogP contribution in [0.2, 0.25) is 0 Å². The zero-order valence-corrected chi connectivity index (χ0v) is 17.8. The predicted octanol–water partition coefficient (Wildman–Crippen LogP) is 4.12. The van der Waals surface area contributed by atoms with Gasteiger partial charge in [0.1, 0.15) is 11.3 Å². The van der Waals surface area contributed by atoms with Crippen LogP contribution in [0.25, 0.3) is 0 Å². The van der Waals surface area contributed by atoms with E-state index in [4.69, 9.17) is 13.9 Å². The Morgan fingerprint density at radius 1 is 1.29 bits per heavy atom. The smallest absolute Gasteiger partial charge is 0.412 e. The van der Waals surface area contributed by atoms with Crippen molar-refractivity contribution in [2.75, 3.05) is 12.4 Å². The summed E-state index contributed by atoms with van der Waals surface area (Å²) in [4.78, 5) is 14.3. The van der Waals surface area contributed by atoms with Gasteiger partial charge >= 0.3 is 6.09 Å². The van der Waals surface area contributed by atoms with E-state index in [1.807, 2.05) is 65.0 Å². The van der Waals surface area contributed by atoms with Gasteiger partial charge in [-0.3, -0.25) is 4.90 Å². The van der Waals surface area contributed by atoms with Gasteiger partial charge in [0.05, 0.1) is 19.1 Å². The van der Waals surface area contributed by atoms with E-state index in [1.165, 1.54) is 11.8 Å². The first-order chi connectivity index (χ1) is 13.1. The monoisotopic (exact) mass is 405 g/mol. The molecule has 7 nitrogen and oxygen atoms in total. The van der Waals surface area contributed by atoms with Gasteiger partial charge in [0.2, 0.25) is 5.89 Å². The van der Waals surface area contributed by atoms with Crippen LogP contribution in [0.4, 0.5) is 4.79 Å². The zero-order chi connectivity index (χ0) is 20.4. The molecule has 3 rings (SSSR count). The molecule has 1 amide bonds. The van der Waals surface area contributed by atoms with Crippen molar-refractivity contribution in [1.82, 2.24) is 15.1 Å². The molecule has 1 aromatic heterocycles. The fraction of sp³-hybridized carbons (Fsp3) is 0.550. The van der Waals surface area contributed by atoms with Gasteiger partial charge in [-0.25, -0.2) is 4.79 Å². The Labute approximate surface area is 169 Å². The van der Waals surface area contributed by atoms with Gasteiger partial charge in [0.15, 0.2) is 0 Å². The van der Waals surface area contributed by atoms with Gasteiger partial charge in [0, 0.05) is 5.75 Å². The summed E-state index contributed by atoms with van der Waals surface area (Å²) >= 11 is 1.42. The number of hydrogen-bond donors (Lipinski definition) is 0. The topological polar surface area (TPSA) is 77.7 Å². The number of rotatable bonds is 5. The standard InChI is InChI=1S/C20H27N3O4S/c1-19(2,3)27-18(24)23-15(12-25-20(23,4)5)13-28-17-22-21-16(26-17)11-14-9-7-6-8-10-14/h6-10,15H,11-13H2,1-5H3/t15-/m1/s1. The Bertz CT molecular complexity index is 801. The third-order valence-corrected chi connectivity index (χ3v) is 5.17. The summed E-state index contributed by atoms with van der Waals surface area (Å²) < 4.78 is 17.1. The van der Waals surface area contributed by atoms with Gasteiger partial charge in [-0.2, -0.15) is 0 Å². The van der Waals surface area contributed by atoms with Crippen LogP contribution in [0.15, 0.2) is 40.0 Å². The van der Waals surface area contributed by atoms with Crippen molar-refractivity contribution in [2.24, 2.45) is 0 Å². The number of carbonyl (C=O) groups is 1. The average Bonchev–Trinajstić information content (AvgIpc) is 3.15. The SMILES string of the molecule is CC(C)(C)OC(=O)N1[C@@H](CSc2nnc(Cc3ccccc3)o2)COC1(C)C. The van der Waals surface area contributed by atoms with Gasteiger partial charge in [0.25, 0.3) is 5.22 Å². The maximum atomic E-state index is 12.7. The highest BCUT2D eigenvalue weighted by atomic mass is 32.2. The minimum Gasteiger partial charge on any atom is -0.444 e. The molecule has 8 heteroatoms. The molecule has 1 aliphatic heterocycles. The normalized spacial score (nSPS) is 19.0. The molecule has 1 aromatic carbocycles. The minimum atomic E-state index is -0.721. The quantitative estimate of drug-likeness (QED) is 0.692. The van der Waals surface area contributed by atoms with Gasteiger partial charge in [-0.05, 0) is 40.2 Å². The van der Waals surface area contributed by atoms with Crippen molar-refractivity contribution >= 4 is 17.9 Å². The van der Waals surface area contributed by atoms with E-state index in [2.05, 4.69) is 10.2 Å². The lowest BCUT2D eigenvalue weighted by Crippen LogP contribution is -2.50. The van der Waals surface area contributed by atoms with Crippen LogP contribution in [-0.2, 0) is 15.9 Å². The van der Waals surface area contributed by atoms with Crippen LogP contribution in [0, 0.1) is 0 Å². The third kappa shape index (κ3) is 5.26. The highest BCUT2D eigenvalue weighted by Crippen LogP contribution is 2.32. The van der Waals surface area contributed by atoms with E-state index in [0.29, 0.717) is 29.9 Å². The molecule has 0 saturated carbocycles. The Balaban J connectivity index is 1.61. The molecule has 0 unspecified atom stereocenters. The second kappa shape index (κ2) is 8.13. The van der Waals surface area contributed by atoms with E-state index in [0.717, 1.165) is 5.56 Å². The minimum absolute atomic E-state index is 0.140. The number of carbonyl (C=O) groups excluding carboxylic acids is 1. The van der Waals surface area contributed by atoms with Crippen molar-refractivity contribution in [3.63, 3.8) is 0 Å². The van der Waals surface area contributed by atoms with Crippen LogP contribution < -0.4 is 0 Å². The van der Waals surface area contributed by atoms with E-state index in [-0.39, 0.29) is 12.1 Å². The van der Waals surface area contributed by atoms with E-state index < -0.39 is 11.3 Å². The van der Waals surface area contributed by atoms with Crippen molar-refractivity contribution < 1.29 is 18.7 Å². The Hall–Kier alpha value is -2.06. The van der Waals surface area contributed by atoms with Gasteiger partial charge < -0.3 is 13.9 Å². The van der Waals surface area contributed by atoms with Crippen LogP contribution in [-0.4, -0.2) is 50.9 Å². The van der Waals surface area contributed by atoms with Crippen LogP contribution in [0.1, 0.15) is 46.1 Å². The molecule has 28 heavy (non-hydrogen) atoms. The molecule has 2 aromatic rings. The first-order valence-corrected chi connectivity index (χ1v) is 10.3. The predicted molar refractivity (Wildman–Crippen MR) is 106 cm³/mol. The van der Waals surface area contributed by atoms with E-state index >= 15 is 0 Å². The molecule has 0 N–H and O–H groups in total. The molecule has 1 atom stereocenters. The number of ether oxygens (including phenoxy) is 2. The number of amides is 1. The molecule has 1 fully saturated rings. The van der Waals surface area contributed by atoms with E-state index in [9.17, 15) is 4.79 Å². The first-order valence-electron chi connectivity index (χ1n) is 9.29. The molecule has 1 saturated heterocycles. The second-order valence-electron chi connectivity index (χ2n) is 8.20. The summed E-state index contributed by atoms with van der Waals surface area (Å²) in [6.07, 6.45) is 0.216. The molecular formula is C20H27N3O4S. The summed E-state index contributed by atoms with van der Waals surface area (Å²) in [5.41, 5.74) is -0.169. The fourth-order valence-electron chi connectivity index (χ4n) is 2.99. The number of nitrogens with zero attached hydrogens (tertiary/aromatic N) is 3. The van der Waals surface area contributed by atoms with Crippen molar-refractivity contribution in [2.45, 2.75) is 63.6 Å². The lowest BCUT2D eigenvalue weighted by molar-refractivity contribution is -0.0617. The van der Waals surface area contributed by atoms with Gasteiger partial charge in [-0.15, -0.1) is 10.2 Å². The number of hydrogen-bond acceptors (Lipinski definition) is 7. The maximum absolute atomic E-state index is 12.7. The molecular weight excluding hydrogens is 378 g/mol. The average molecular weight is 406 g/mol. The van der Waals surface area contributed by atoms with Crippen molar-refractivity contribution in [3.8, 4) is 0 Å². The van der Waals surface area contributed by atoms with Crippen molar-refractivity contribution in [1.29, 1.82) is 0 Å². The number of thioether (sulfide) groups is 1. The Morgan fingerprint density at radius 3 is 2.68 bits per heavy atom. The highest BCUT2D eigenvalue weighted by molar-refractivity contribution is 7.99. The largest absolute Gasteiger partial charge is 0.444 e. The number of benzene rings is 1. The summed E-state index contributed by atoms with van der Waals surface area (Å²) in [6, 6.07) is 9.84. The molecule has 0 aliphatic carbocycles. The van der Waals surface area contributed by atoms with Crippen LogP contribution >= 0.6 is 11.8 Å². The zero-order valence-electron chi connectivity index (χ0n) is 17.0. The lowest BCUT2D eigenvalue weighted by atomic mass is 10.2. The van der Waals surface area contributed by atoms with Gasteiger partial charge in [-0.1, -0.05) is 42.1 Å². The molecule has 1 aliphatic rings. The molecule has 152 valence electrons. The third-order valence-electron chi connectivity index (χ3n) is 4.21. The maximum Gasteiger partial charge on any atom is 0.412 e. The summed E-state index contributed by atoms with van der Waals surface area (Å²) in [5.74, 6) is 1.15. The second-order valence-corrected chi connectivity index (χ2v) is 9.17. The molecule has 0 radical (unpaired) electrons. The van der Waals surface area contributed by atoms with Crippen LogP contribution in [0.3, 0.4) is 0 Å². The summed E-state index contributed by atoms with van der Waals surface area (Å²) in [6.45, 7) is 9.73. The lowest BCUT2D eigenvalue weighted by Gasteiger charge is -2.34. The highest BCUT2D eigenvalue weighted by Gasteiger charge is 2.45. The van der Waals surface area contributed by atoms with E-state index in [1.54, 1.807) is 4.90 Å². The molecule has 2 heterocycles. The van der Waals surface area contributed by atoms with Crippen LogP contribution in [0.5, 0.6) is 0 Å². The summed E-state index contributed by atoms with van der Waals surface area (Å²) in [7, 11) is 0. The Morgan fingerprint density at radius 2 is 2.00 bits per heavy atom. The first kappa shape index (κ1) is 20.7.